The average Bonchev–Trinajstić information content (AvgIpc) is 1.95. The molecular formula is C6H13BN2O. The van der Waals surface area contributed by atoms with Gasteiger partial charge >= 0.3 is 0 Å². The molecule has 0 aliphatic carbocycles. The quantitative estimate of drug-likeness (QED) is 0.393. The van der Waals surface area contributed by atoms with Gasteiger partial charge < -0.3 is 15.3 Å². The minimum absolute atomic E-state index is 0.364. The van der Waals surface area contributed by atoms with E-state index in [0.717, 1.165) is 32.1 Å². The number of nitrogens with zero attached hydrogens (tertiary/aromatic N) is 1. The molecule has 0 aromatic heterocycles. The number of hydrogen-bond donors (Lipinski definition) is 1. The lowest BCUT2D eigenvalue weighted by atomic mass is 9.90. The summed E-state index contributed by atoms with van der Waals surface area (Å²) in [4.78, 5) is 12.2. The fourth-order valence-electron chi connectivity index (χ4n) is 1.24. The van der Waals surface area contributed by atoms with Crippen LogP contribution in [0.4, 0.5) is 0 Å². The van der Waals surface area contributed by atoms with E-state index in [1.165, 1.54) is 0 Å². The number of rotatable bonds is 2. The molecule has 1 aliphatic rings. The van der Waals surface area contributed by atoms with Gasteiger partial charge in [-0.05, 0) is 25.9 Å². The van der Waals surface area contributed by atoms with Crippen molar-refractivity contribution < 1.29 is 4.79 Å². The predicted molar refractivity (Wildman–Crippen MR) is 42.7 cm³/mol. The fraction of sp³-hybridized carbons (Fsp3) is 0.833. The van der Waals surface area contributed by atoms with E-state index in [1.807, 2.05) is 0 Å². The maximum Gasteiger partial charge on any atom is 0.281 e. The topological polar surface area (TPSA) is 46.3 Å². The molecule has 0 atom stereocenters. The molecule has 0 aromatic rings. The Bertz CT molecular complexity index is 112. The van der Waals surface area contributed by atoms with Gasteiger partial charge in [-0.25, -0.2) is 0 Å². The molecule has 0 bridgehead atoms. The van der Waals surface area contributed by atoms with Crippen molar-refractivity contribution in [3.8, 4) is 0 Å². The third kappa shape index (κ3) is 2.12. The molecule has 0 unspecified atom stereocenters. The largest absolute Gasteiger partial charge is 0.339 e. The van der Waals surface area contributed by atoms with Gasteiger partial charge in [0.15, 0.2) is 0 Å². The van der Waals surface area contributed by atoms with Gasteiger partial charge in [0, 0.05) is 6.04 Å². The molecule has 2 N–H and O–H groups in total. The minimum atomic E-state index is 0.364. The highest BCUT2D eigenvalue weighted by atomic mass is 16.1. The first-order valence-electron chi connectivity index (χ1n) is 3.74. The van der Waals surface area contributed by atoms with Crippen LogP contribution in [0.25, 0.3) is 0 Å². The fourth-order valence-corrected chi connectivity index (χ4v) is 1.24. The molecule has 0 radical (unpaired) electrons. The van der Waals surface area contributed by atoms with Crippen molar-refractivity contribution in [3.63, 3.8) is 0 Å². The molecule has 4 heteroatoms. The number of hydrogen-bond acceptors (Lipinski definition) is 3. The van der Waals surface area contributed by atoms with E-state index in [0.29, 0.717) is 13.5 Å². The number of nitrogens with two attached hydrogens (primary N) is 1. The standard InChI is InChI=1S/C6H13BN2O/c8-6-1-3-9(4-2-6)7-5-10/h5-7H,1-4,8H2. The summed E-state index contributed by atoms with van der Waals surface area (Å²) < 4.78 is 0. The summed E-state index contributed by atoms with van der Waals surface area (Å²) in [6.07, 6.45) is 3.03. The van der Waals surface area contributed by atoms with Crippen molar-refractivity contribution in [1.29, 1.82) is 0 Å². The molecule has 1 rings (SSSR count). The Hall–Kier alpha value is -0.345. The van der Waals surface area contributed by atoms with Crippen LogP contribution in [0.15, 0.2) is 0 Å². The summed E-state index contributed by atoms with van der Waals surface area (Å²) in [5, 5.41) is 0. The SMILES string of the molecule is NC1CCN(BC=O)CC1. The van der Waals surface area contributed by atoms with Crippen molar-refractivity contribution in [1.82, 2.24) is 4.81 Å². The highest BCUT2D eigenvalue weighted by Crippen LogP contribution is 2.05. The average molecular weight is 140 g/mol. The highest BCUT2D eigenvalue weighted by Gasteiger charge is 2.15. The van der Waals surface area contributed by atoms with Gasteiger partial charge in [-0.1, -0.05) is 0 Å². The lowest BCUT2D eigenvalue weighted by Gasteiger charge is -2.27. The van der Waals surface area contributed by atoms with E-state index in [9.17, 15) is 4.79 Å². The molecule has 0 aromatic carbocycles. The summed E-state index contributed by atoms with van der Waals surface area (Å²) >= 11 is 0. The lowest BCUT2D eigenvalue weighted by Crippen LogP contribution is -2.41. The molecule has 10 heavy (non-hydrogen) atoms. The van der Waals surface area contributed by atoms with Crippen molar-refractivity contribution in [2.75, 3.05) is 13.1 Å². The summed E-state index contributed by atoms with van der Waals surface area (Å²) in [6.45, 7) is 1.97. The first kappa shape index (κ1) is 7.76. The molecule has 1 aliphatic heterocycles. The van der Waals surface area contributed by atoms with Crippen molar-refractivity contribution in [3.05, 3.63) is 0 Å². The minimum Gasteiger partial charge on any atom is -0.339 e. The van der Waals surface area contributed by atoms with E-state index >= 15 is 0 Å². The molecule has 1 heterocycles. The van der Waals surface area contributed by atoms with Crippen LogP contribution in [0.3, 0.4) is 0 Å². The Labute approximate surface area is 61.8 Å². The molecule has 0 amide bonds. The van der Waals surface area contributed by atoms with E-state index in [2.05, 4.69) is 4.81 Å². The van der Waals surface area contributed by atoms with Crippen LogP contribution in [0.5, 0.6) is 0 Å². The Morgan fingerprint density at radius 3 is 2.60 bits per heavy atom. The number of piperidine rings is 1. The van der Waals surface area contributed by atoms with Gasteiger partial charge in [0.2, 0.25) is 0 Å². The zero-order chi connectivity index (χ0) is 7.40. The van der Waals surface area contributed by atoms with Gasteiger partial charge in [0.05, 0.1) is 6.19 Å². The van der Waals surface area contributed by atoms with E-state index in [-0.39, 0.29) is 0 Å². The molecule has 3 nitrogen and oxygen atoms in total. The summed E-state index contributed by atoms with van der Waals surface area (Å²) in [7, 11) is 0.576. The van der Waals surface area contributed by atoms with Crippen LogP contribution in [0.1, 0.15) is 12.8 Å². The molecule has 56 valence electrons. The van der Waals surface area contributed by atoms with E-state index < -0.39 is 0 Å². The zero-order valence-electron chi connectivity index (χ0n) is 6.12. The maximum atomic E-state index is 10.1. The first-order chi connectivity index (χ1) is 4.83. The Balaban J connectivity index is 2.19. The van der Waals surface area contributed by atoms with Crippen LogP contribution < -0.4 is 5.73 Å². The predicted octanol–water partition coefficient (Wildman–Crippen LogP) is -1.05. The van der Waals surface area contributed by atoms with Gasteiger partial charge in [-0.2, -0.15) is 0 Å². The molecule has 0 saturated carbocycles. The van der Waals surface area contributed by atoms with Crippen molar-refractivity contribution in [2.24, 2.45) is 5.73 Å². The Morgan fingerprint density at radius 1 is 1.50 bits per heavy atom. The molecule has 1 fully saturated rings. The van der Waals surface area contributed by atoms with E-state index in [1.54, 1.807) is 0 Å². The first-order valence-corrected chi connectivity index (χ1v) is 3.74. The smallest absolute Gasteiger partial charge is 0.281 e. The van der Waals surface area contributed by atoms with Crippen LogP contribution in [0.2, 0.25) is 0 Å². The van der Waals surface area contributed by atoms with Gasteiger partial charge in [-0.3, -0.25) is 0 Å². The zero-order valence-corrected chi connectivity index (χ0v) is 6.12. The van der Waals surface area contributed by atoms with Crippen molar-refractivity contribution in [2.45, 2.75) is 18.9 Å². The van der Waals surface area contributed by atoms with Gasteiger partial charge in [0.1, 0.15) is 0 Å². The summed E-state index contributed by atoms with van der Waals surface area (Å²) in [6, 6.07) is 0.364. The van der Waals surface area contributed by atoms with Crippen LogP contribution in [0, 0.1) is 0 Å². The van der Waals surface area contributed by atoms with E-state index in [4.69, 9.17) is 5.73 Å². The normalized spacial score (nSPS) is 22.5. The molecular weight excluding hydrogens is 127 g/mol. The lowest BCUT2D eigenvalue weighted by molar-refractivity contribution is 0.331. The van der Waals surface area contributed by atoms with Crippen LogP contribution >= 0.6 is 0 Å². The third-order valence-corrected chi connectivity index (χ3v) is 1.96. The number of carbonyl (C=O) groups excluding carboxylic acids is 1. The summed E-state index contributed by atoms with van der Waals surface area (Å²) in [5.74, 6) is 0. The number of carbonyl (C=O) groups is 1. The molecule has 1 saturated heterocycles. The highest BCUT2D eigenvalue weighted by molar-refractivity contribution is 6.64. The second-order valence-electron chi connectivity index (χ2n) is 2.80. The Kier molecular flexibility index (Phi) is 2.90. The van der Waals surface area contributed by atoms with Crippen molar-refractivity contribution >= 4 is 13.6 Å². The second kappa shape index (κ2) is 3.73. The van der Waals surface area contributed by atoms with Crippen LogP contribution in [-0.2, 0) is 4.79 Å². The monoisotopic (exact) mass is 140 g/mol. The third-order valence-electron chi connectivity index (χ3n) is 1.96. The molecule has 0 spiro atoms. The Morgan fingerprint density at radius 2 is 2.10 bits per heavy atom. The van der Waals surface area contributed by atoms with Crippen LogP contribution in [-0.4, -0.2) is 37.5 Å². The summed E-state index contributed by atoms with van der Waals surface area (Å²) in [5.41, 5.74) is 5.68. The second-order valence-corrected chi connectivity index (χ2v) is 2.80. The van der Waals surface area contributed by atoms with Gasteiger partial charge in [-0.15, -0.1) is 0 Å². The maximum absolute atomic E-state index is 10.1. The van der Waals surface area contributed by atoms with Gasteiger partial charge in [0.25, 0.3) is 7.41 Å².